The number of nitrogens with one attached hydrogen (secondary N) is 1. The van der Waals surface area contributed by atoms with Gasteiger partial charge in [-0.05, 0) is 12.1 Å². The third-order valence-corrected chi connectivity index (χ3v) is 2.44. The molecule has 18 heavy (non-hydrogen) atoms. The van der Waals surface area contributed by atoms with Gasteiger partial charge in [-0.2, -0.15) is 0 Å². The minimum Gasteiger partial charge on any atom is -0.487 e. The number of rotatable bonds is 3. The maximum Gasteiger partial charge on any atom is 0.251 e. The SMILES string of the molecule is O=c1cc(OCc2cn3cnccc3n2)cc[nH]1. The molecule has 3 rings (SSSR count). The molecule has 0 aliphatic rings. The zero-order valence-corrected chi connectivity index (χ0v) is 9.41. The first kappa shape index (κ1) is 10.5. The van der Waals surface area contributed by atoms with Crippen molar-refractivity contribution in [3.05, 3.63) is 59.2 Å². The van der Waals surface area contributed by atoms with Crippen LogP contribution < -0.4 is 10.3 Å². The summed E-state index contributed by atoms with van der Waals surface area (Å²) in [5, 5.41) is 0. The van der Waals surface area contributed by atoms with E-state index >= 15 is 0 Å². The summed E-state index contributed by atoms with van der Waals surface area (Å²) in [4.78, 5) is 22.0. The van der Waals surface area contributed by atoms with Crippen molar-refractivity contribution in [2.45, 2.75) is 6.61 Å². The van der Waals surface area contributed by atoms with Gasteiger partial charge in [0, 0.05) is 24.7 Å². The predicted octanol–water partition coefficient (Wildman–Crippen LogP) is 0.997. The van der Waals surface area contributed by atoms with Gasteiger partial charge in [0.05, 0.1) is 5.69 Å². The highest BCUT2D eigenvalue weighted by atomic mass is 16.5. The molecule has 0 bridgehead atoms. The molecule has 0 aromatic carbocycles. The number of H-pyrrole nitrogens is 1. The highest BCUT2D eigenvalue weighted by molar-refractivity contribution is 5.37. The van der Waals surface area contributed by atoms with Crippen LogP contribution in [0.1, 0.15) is 5.69 Å². The van der Waals surface area contributed by atoms with Crippen LogP contribution in [0.2, 0.25) is 0 Å². The van der Waals surface area contributed by atoms with Crippen LogP contribution in [0, 0.1) is 0 Å². The van der Waals surface area contributed by atoms with Crippen molar-refractivity contribution in [1.29, 1.82) is 0 Å². The molecule has 6 heteroatoms. The summed E-state index contributed by atoms with van der Waals surface area (Å²) in [5.41, 5.74) is 1.41. The Morgan fingerprint density at radius 1 is 1.39 bits per heavy atom. The van der Waals surface area contributed by atoms with Gasteiger partial charge in [-0.25, -0.2) is 9.97 Å². The second-order valence-electron chi connectivity index (χ2n) is 3.76. The molecule has 90 valence electrons. The molecule has 0 saturated heterocycles. The van der Waals surface area contributed by atoms with Crippen molar-refractivity contribution < 1.29 is 4.74 Å². The molecule has 0 aliphatic heterocycles. The Kier molecular flexibility index (Phi) is 2.53. The van der Waals surface area contributed by atoms with Crippen molar-refractivity contribution >= 4 is 5.65 Å². The zero-order valence-electron chi connectivity index (χ0n) is 9.41. The lowest BCUT2D eigenvalue weighted by molar-refractivity contribution is 0.301. The standard InChI is InChI=1S/C12H10N4O2/c17-12-5-10(1-4-14-12)18-7-9-6-16-8-13-3-2-11(16)15-9/h1-6,8H,7H2,(H,14,17). The van der Waals surface area contributed by atoms with Crippen LogP contribution in [-0.4, -0.2) is 19.4 Å². The maximum atomic E-state index is 11.1. The second kappa shape index (κ2) is 4.33. The Morgan fingerprint density at radius 3 is 3.17 bits per heavy atom. The van der Waals surface area contributed by atoms with Crippen LogP contribution in [0.25, 0.3) is 5.65 Å². The third kappa shape index (κ3) is 2.08. The average Bonchev–Trinajstić information content (AvgIpc) is 2.79. The Labute approximate surface area is 102 Å². The maximum absolute atomic E-state index is 11.1. The van der Waals surface area contributed by atoms with Crippen molar-refractivity contribution in [2.24, 2.45) is 0 Å². The van der Waals surface area contributed by atoms with Gasteiger partial charge in [0.25, 0.3) is 5.56 Å². The monoisotopic (exact) mass is 242 g/mol. The molecule has 0 spiro atoms. The van der Waals surface area contributed by atoms with Crippen LogP contribution >= 0.6 is 0 Å². The van der Waals surface area contributed by atoms with Gasteiger partial charge in [0.2, 0.25) is 0 Å². The summed E-state index contributed by atoms with van der Waals surface area (Å²) in [6, 6.07) is 4.91. The number of aromatic amines is 1. The van der Waals surface area contributed by atoms with Crippen LogP contribution in [0.3, 0.4) is 0 Å². The van der Waals surface area contributed by atoms with E-state index in [2.05, 4.69) is 15.0 Å². The molecule has 0 unspecified atom stereocenters. The number of imidazole rings is 1. The smallest absolute Gasteiger partial charge is 0.251 e. The number of nitrogens with zero attached hydrogens (tertiary/aromatic N) is 3. The summed E-state index contributed by atoms with van der Waals surface area (Å²) in [6.45, 7) is 0.311. The Balaban J connectivity index is 1.78. The molecule has 6 nitrogen and oxygen atoms in total. The van der Waals surface area contributed by atoms with Crippen molar-refractivity contribution in [1.82, 2.24) is 19.4 Å². The van der Waals surface area contributed by atoms with Gasteiger partial charge in [-0.3, -0.25) is 9.20 Å². The molecule has 1 N–H and O–H groups in total. The van der Waals surface area contributed by atoms with E-state index in [-0.39, 0.29) is 5.56 Å². The lowest BCUT2D eigenvalue weighted by Crippen LogP contribution is -2.04. The van der Waals surface area contributed by atoms with Gasteiger partial charge < -0.3 is 9.72 Å². The quantitative estimate of drug-likeness (QED) is 0.743. The minimum atomic E-state index is -0.188. The zero-order chi connectivity index (χ0) is 12.4. The summed E-state index contributed by atoms with van der Waals surface area (Å²) in [5.74, 6) is 0.522. The number of fused-ring (bicyclic) bond motifs is 1. The van der Waals surface area contributed by atoms with E-state index in [1.807, 2.05) is 16.7 Å². The number of hydrogen-bond acceptors (Lipinski definition) is 4. The van der Waals surface area contributed by atoms with E-state index in [1.165, 1.54) is 6.07 Å². The molecule has 3 aromatic rings. The summed E-state index contributed by atoms with van der Waals surface area (Å²) in [6.07, 6.45) is 6.75. The molecule has 0 radical (unpaired) electrons. The molecule has 0 amide bonds. The van der Waals surface area contributed by atoms with Gasteiger partial charge in [-0.1, -0.05) is 0 Å². The number of pyridine rings is 1. The van der Waals surface area contributed by atoms with E-state index in [1.54, 1.807) is 24.8 Å². The highest BCUT2D eigenvalue weighted by Gasteiger charge is 2.02. The van der Waals surface area contributed by atoms with Crippen molar-refractivity contribution in [2.75, 3.05) is 0 Å². The molecule has 3 heterocycles. The summed E-state index contributed by atoms with van der Waals surface area (Å²) in [7, 11) is 0. The topological polar surface area (TPSA) is 72.3 Å². The Morgan fingerprint density at radius 2 is 2.33 bits per heavy atom. The minimum absolute atomic E-state index is 0.188. The third-order valence-electron chi connectivity index (χ3n) is 2.44. The van der Waals surface area contributed by atoms with Gasteiger partial charge >= 0.3 is 0 Å². The van der Waals surface area contributed by atoms with Crippen LogP contribution in [0.5, 0.6) is 5.75 Å². The van der Waals surface area contributed by atoms with Crippen LogP contribution in [-0.2, 0) is 6.61 Å². The summed E-state index contributed by atoms with van der Waals surface area (Å²) < 4.78 is 7.30. The number of ether oxygens (including phenoxy) is 1. The molecule has 0 aliphatic carbocycles. The fourth-order valence-electron chi connectivity index (χ4n) is 1.64. The van der Waals surface area contributed by atoms with Gasteiger partial charge in [0.1, 0.15) is 24.3 Å². The molecule has 3 aromatic heterocycles. The first-order valence-electron chi connectivity index (χ1n) is 5.40. The number of aromatic nitrogens is 4. The van der Waals surface area contributed by atoms with Crippen LogP contribution in [0.15, 0.2) is 47.9 Å². The van der Waals surface area contributed by atoms with Crippen molar-refractivity contribution in [3.63, 3.8) is 0 Å². The van der Waals surface area contributed by atoms with Gasteiger partial charge in [0.15, 0.2) is 0 Å². The molecular formula is C12H10N4O2. The van der Waals surface area contributed by atoms with Gasteiger partial charge in [-0.15, -0.1) is 0 Å². The van der Waals surface area contributed by atoms with E-state index in [0.29, 0.717) is 12.4 Å². The van der Waals surface area contributed by atoms with Crippen LogP contribution in [0.4, 0.5) is 0 Å². The normalized spacial score (nSPS) is 10.7. The lowest BCUT2D eigenvalue weighted by atomic mass is 10.4. The van der Waals surface area contributed by atoms with E-state index in [0.717, 1.165) is 11.3 Å². The van der Waals surface area contributed by atoms with E-state index in [4.69, 9.17) is 4.74 Å². The van der Waals surface area contributed by atoms with E-state index < -0.39 is 0 Å². The Bertz CT molecular complexity index is 699. The molecular weight excluding hydrogens is 232 g/mol. The fourth-order valence-corrected chi connectivity index (χ4v) is 1.64. The Hall–Kier alpha value is -2.63. The predicted molar refractivity (Wildman–Crippen MR) is 64.4 cm³/mol. The van der Waals surface area contributed by atoms with E-state index in [9.17, 15) is 4.79 Å². The fraction of sp³-hybridized carbons (Fsp3) is 0.0833. The summed E-state index contributed by atoms with van der Waals surface area (Å²) >= 11 is 0. The second-order valence-corrected chi connectivity index (χ2v) is 3.76. The molecule has 0 saturated carbocycles. The molecule has 0 fully saturated rings. The lowest BCUT2D eigenvalue weighted by Gasteiger charge is -2.02. The number of hydrogen-bond donors (Lipinski definition) is 1. The molecule has 0 atom stereocenters. The first-order chi connectivity index (χ1) is 8.81. The largest absolute Gasteiger partial charge is 0.487 e. The average molecular weight is 242 g/mol. The van der Waals surface area contributed by atoms with Crippen molar-refractivity contribution in [3.8, 4) is 5.75 Å². The first-order valence-corrected chi connectivity index (χ1v) is 5.40. The highest BCUT2D eigenvalue weighted by Crippen LogP contribution is 2.09.